The number of hydrogen-bond donors (Lipinski definition) is 1. The van der Waals surface area contributed by atoms with Crippen LogP contribution in [0.1, 0.15) is 42.1 Å². The predicted molar refractivity (Wildman–Crippen MR) is 89.3 cm³/mol. The van der Waals surface area contributed by atoms with Gasteiger partial charge in [0.25, 0.3) is 5.91 Å². The van der Waals surface area contributed by atoms with Gasteiger partial charge in [-0.3, -0.25) is 10.1 Å². The summed E-state index contributed by atoms with van der Waals surface area (Å²) < 4.78 is 0. The quantitative estimate of drug-likeness (QED) is 0.775. The molecule has 1 heterocycles. The molecule has 0 atom stereocenters. The molecule has 1 aromatic carbocycles. The average Bonchev–Trinajstić information content (AvgIpc) is 2.93. The summed E-state index contributed by atoms with van der Waals surface area (Å²) in [6, 6.07) is 7.63. The average molecular weight is 321 g/mol. The minimum absolute atomic E-state index is 0.121. The van der Waals surface area contributed by atoms with Gasteiger partial charge in [0.05, 0.1) is 5.56 Å². The standard InChI is InChI=1S/C15H19N3OS2/c1-3-5-10-13-17-18-15(21-13)16-14(19)11-8-6-7-9-12(11)20-4-2/h6-9H,3-5,10H2,1-2H3,(H,16,18,19). The van der Waals surface area contributed by atoms with Crippen LogP contribution in [-0.2, 0) is 6.42 Å². The highest BCUT2D eigenvalue weighted by atomic mass is 32.2. The Morgan fingerprint density at radius 1 is 1.29 bits per heavy atom. The minimum atomic E-state index is -0.121. The number of amides is 1. The van der Waals surface area contributed by atoms with E-state index in [9.17, 15) is 4.79 Å². The summed E-state index contributed by atoms with van der Waals surface area (Å²) in [6.45, 7) is 4.22. The van der Waals surface area contributed by atoms with E-state index in [2.05, 4.69) is 29.4 Å². The van der Waals surface area contributed by atoms with Gasteiger partial charge < -0.3 is 0 Å². The Kier molecular flexibility index (Phi) is 6.20. The molecule has 0 bridgehead atoms. The Balaban J connectivity index is 2.05. The molecule has 0 saturated carbocycles. The summed E-state index contributed by atoms with van der Waals surface area (Å²) in [5, 5.41) is 12.5. The summed E-state index contributed by atoms with van der Waals surface area (Å²) in [4.78, 5) is 13.3. The van der Waals surface area contributed by atoms with Crippen LogP contribution < -0.4 is 5.32 Å². The number of aryl methyl sites for hydroxylation is 1. The van der Waals surface area contributed by atoms with Gasteiger partial charge in [0.1, 0.15) is 5.01 Å². The fourth-order valence-electron chi connectivity index (χ4n) is 1.83. The maximum absolute atomic E-state index is 12.3. The lowest BCUT2D eigenvalue weighted by Gasteiger charge is -2.06. The predicted octanol–water partition coefficient (Wildman–Crippen LogP) is 4.25. The van der Waals surface area contributed by atoms with Crippen LogP contribution >= 0.6 is 23.1 Å². The summed E-state index contributed by atoms with van der Waals surface area (Å²) >= 11 is 3.12. The molecule has 4 nitrogen and oxygen atoms in total. The smallest absolute Gasteiger partial charge is 0.258 e. The summed E-state index contributed by atoms with van der Waals surface area (Å²) in [5.41, 5.74) is 0.689. The van der Waals surface area contributed by atoms with Gasteiger partial charge in [-0.15, -0.1) is 22.0 Å². The van der Waals surface area contributed by atoms with Crippen molar-refractivity contribution in [2.45, 2.75) is 38.0 Å². The number of thioether (sulfide) groups is 1. The first-order valence-electron chi connectivity index (χ1n) is 7.10. The van der Waals surface area contributed by atoms with Crippen LogP contribution in [0.25, 0.3) is 0 Å². The Bertz CT molecular complexity index is 598. The van der Waals surface area contributed by atoms with Gasteiger partial charge in [-0.05, 0) is 24.3 Å². The number of benzene rings is 1. The van der Waals surface area contributed by atoms with Crippen molar-refractivity contribution in [2.24, 2.45) is 0 Å². The van der Waals surface area contributed by atoms with Crippen LogP contribution in [0.3, 0.4) is 0 Å². The van der Waals surface area contributed by atoms with Gasteiger partial charge in [-0.1, -0.05) is 43.7 Å². The number of nitrogens with one attached hydrogen (secondary N) is 1. The number of rotatable bonds is 7. The zero-order valence-electron chi connectivity index (χ0n) is 12.3. The lowest BCUT2D eigenvalue weighted by atomic mass is 10.2. The second kappa shape index (κ2) is 8.14. The molecule has 0 aliphatic heterocycles. The van der Waals surface area contributed by atoms with E-state index in [1.807, 2.05) is 24.3 Å². The molecule has 0 spiro atoms. The first kappa shape index (κ1) is 16.0. The second-order valence-electron chi connectivity index (χ2n) is 4.49. The van der Waals surface area contributed by atoms with E-state index in [4.69, 9.17) is 0 Å². The van der Waals surface area contributed by atoms with Crippen LogP contribution in [0, 0.1) is 0 Å². The zero-order chi connectivity index (χ0) is 15.1. The fourth-order valence-corrected chi connectivity index (χ4v) is 3.41. The molecule has 112 valence electrons. The molecule has 0 radical (unpaired) electrons. The van der Waals surface area contributed by atoms with Crippen molar-refractivity contribution in [1.29, 1.82) is 0 Å². The van der Waals surface area contributed by atoms with Crippen LogP contribution in [0.15, 0.2) is 29.2 Å². The van der Waals surface area contributed by atoms with Crippen LogP contribution in [0.5, 0.6) is 0 Å². The highest BCUT2D eigenvalue weighted by molar-refractivity contribution is 7.99. The summed E-state index contributed by atoms with van der Waals surface area (Å²) in [6.07, 6.45) is 3.15. The highest BCUT2D eigenvalue weighted by Crippen LogP contribution is 2.24. The number of hydrogen-bond acceptors (Lipinski definition) is 5. The third-order valence-electron chi connectivity index (χ3n) is 2.86. The maximum Gasteiger partial charge on any atom is 0.258 e. The van der Waals surface area contributed by atoms with E-state index < -0.39 is 0 Å². The van der Waals surface area contributed by atoms with Gasteiger partial charge in [-0.2, -0.15) is 0 Å². The lowest BCUT2D eigenvalue weighted by molar-refractivity contribution is 0.102. The molecule has 0 fully saturated rings. The number of carbonyl (C=O) groups is 1. The van der Waals surface area contributed by atoms with Gasteiger partial charge in [0.15, 0.2) is 0 Å². The Morgan fingerprint density at radius 2 is 2.10 bits per heavy atom. The van der Waals surface area contributed by atoms with Crippen molar-refractivity contribution in [3.05, 3.63) is 34.8 Å². The molecular formula is C15H19N3OS2. The van der Waals surface area contributed by atoms with E-state index in [0.717, 1.165) is 34.9 Å². The Labute approximate surface area is 133 Å². The van der Waals surface area contributed by atoms with Crippen molar-refractivity contribution >= 4 is 34.1 Å². The molecule has 6 heteroatoms. The van der Waals surface area contributed by atoms with Crippen LogP contribution in [0.4, 0.5) is 5.13 Å². The number of carbonyl (C=O) groups excluding carboxylic acids is 1. The van der Waals surface area contributed by atoms with E-state index >= 15 is 0 Å². The molecule has 1 aromatic heterocycles. The molecule has 0 unspecified atom stereocenters. The molecule has 1 amide bonds. The van der Waals surface area contributed by atoms with Crippen molar-refractivity contribution in [3.8, 4) is 0 Å². The fraction of sp³-hybridized carbons (Fsp3) is 0.400. The molecule has 2 aromatic rings. The van der Waals surface area contributed by atoms with Crippen molar-refractivity contribution < 1.29 is 4.79 Å². The summed E-state index contributed by atoms with van der Waals surface area (Å²) in [7, 11) is 0. The molecule has 0 aliphatic carbocycles. The van der Waals surface area contributed by atoms with Crippen LogP contribution in [-0.4, -0.2) is 21.9 Å². The maximum atomic E-state index is 12.3. The first-order valence-corrected chi connectivity index (χ1v) is 8.90. The SMILES string of the molecule is CCCCc1nnc(NC(=O)c2ccccc2SCC)s1. The number of anilines is 1. The minimum Gasteiger partial charge on any atom is -0.296 e. The number of aromatic nitrogens is 2. The topological polar surface area (TPSA) is 54.9 Å². The van der Waals surface area contributed by atoms with Gasteiger partial charge >= 0.3 is 0 Å². The molecule has 21 heavy (non-hydrogen) atoms. The first-order chi connectivity index (χ1) is 10.2. The van der Waals surface area contributed by atoms with Gasteiger partial charge in [0, 0.05) is 11.3 Å². The molecule has 0 aliphatic rings. The highest BCUT2D eigenvalue weighted by Gasteiger charge is 2.13. The van der Waals surface area contributed by atoms with E-state index in [1.54, 1.807) is 11.8 Å². The second-order valence-corrected chi connectivity index (χ2v) is 6.86. The Hall–Kier alpha value is -1.40. The zero-order valence-corrected chi connectivity index (χ0v) is 13.9. The van der Waals surface area contributed by atoms with Crippen molar-refractivity contribution in [3.63, 3.8) is 0 Å². The number of unbranched alkanes of at least 4 members (excludes halogenated alkanes) is 1. The summed E-state index contributed by atoms with van der Waals surface area (Å²) in [5.74, 6) is 0.814. The third kappa shape index (κ3) is 4.54. The third-order valence-corrected chi connectivity index (χ3v) is 4.72. The number of nitrogens with zero attached hydrogens (tertiary/aromatic N) is 2. The van der Waals surface area contributed by atoms with E-state index in [-0.39, 0.29) is 5.91 Å². The van der Waals surface area contributed by atoms with Crippen molar-refractivity contribution in [1.82, 2.24) is 10.2 Å². The van der Waals surface area contributed by atoms with Gasteiger partial charge in [0.2, 0.25) is 5.13 Å². The molecular weight excluding hydrogens is 302 g/mol. The monoisotopic (exact) mass is 321 g/mol. The van der Waals surface area contributed by atoms with Crippen molar-refractivity contribution in [2.75, 3.05) is 11.1 Å². The Morgan fingerprint density at radius 3 is 2.86 bits per heavy atom. The molecule has 1 N–H and O–H groups in total. The molecule has 2 rings (SSSR count). The van der Waals surface area contributed by atoms with E-state index in [0.29, 0.717) is 10.7 Å². The largest absolute Gasteiger partial charge is 0.296 e. The molecule has 0 saturated heterocycles. The van der Waals surface area contributed by atoms with Crippen LogP contribution in [0.2, 0.25) is 0 Å². The van der Waals surface area contributed by atoms with E-state index in [1.165, 1.54) is 11.3 Å². The van der Waals surface area contributed by atoms with Gasteiger partial charge in [-0.25, -0.2) is 0 Å². The normalized spacial score (nSPS) is 10.6. The lowest BCUT2D eigenvalue weighted by Crippen LogP contribution is -2.12.